The van der Waals surface area contributed by atoms with Crippen molar-refractivity contribution in [2.45, 2.75) is 12.8 Å². The lowest BCUT2D eigenvalue weighted by molar-refractivity contribution is -0.122. The third-order valence-electron chi connectivity index (χ3n) is 4.60. The van der Waals surface area contributed by atoms with Gasteiger partial charge in [-0.25, -0.2) is 8.78 Å². The van der Waals surface area contributed by atoms with Crippen LogP contribution in [0, 0.1) is 17.6 Å². The Morgan fingerprint density at radius 3 is 2.41 bits per heavy atom. The molecule has 3 aromatic rings. The molecule has 0 bridgehead atoms. The number of carbonyl (C=O) groups is 2. The number of hydrogen-bond donors (Lipinski definition) is 1. The first kappa shape index (κ1) is 19.1. The fourth-order valence-corrected chi connectivity index (χ4v) is 3.89. The van der Waals surface area contributed by atoms with Crippen LogP contribution < -0.4 is 10.2 Å². The number of carbonyl (C=O) groups excluding carboxylic acids is 2. The van der Waals surface area contributed by atoms with Crippen LogP contribution in [0.2, 0.25) is 0 Å². The van der Waals surface area contributed by atoms with Crippen LogP contribution in [0.5, 0.6) is 0 Å². The molecule has 148 valence electrons. The van der Waals surface area contributed by atoms with Gasteiger partial charge in [0, 0.05) is 25.1 Å². The highest BCUT2D eigenvalue weighted by Gasteiger charge is 2.35. The Bertz CT molecular complexity index is 1040. The monoisotopic (exact) mass is 414 g/mol. The van der Waals surface area contributed by atoms with Gasteiger partial charge >= 0.3 is 0 Å². The lowest BCUT2D eigenvalue weighted by Crippen LogP contribution is -2.28. The van der Waals surface area contributed by atoms with Gasteiger partial charge in [-0.05, 0) is 42.0 Å². The number of halogens is 2. The minimum absolute atomic E-state index is 0.0739. The van der Waals surface area contributed by atoms with E-state index in [0.29, 0.717) is 22.2 Å². The van der Waals surface area contributed by atoms with Crippen LogP contribution in [0.3, 0.4) is 0 Å². The number of nitrogens with one attached hydrogen (secondary N) is 1. The molecule has 1 aliphatic rings. The van der Waals surface area contributed by atoms with E-state index in [0.717, 1.165) is 5.56 Å². The second kappa shape index (κ2) is 8.04. The van der Waals surface area contributed by atoms with Gasteiger partial charge in [0.2, 0.25) is 16.9 Å². The van der Waals surface area contributed by atoms with Crippen molar-refractivity contribution in [3.05, 3.63) is 70.7 Å². The van der Waals surface area contributed by atoms with E-state index in [4.69, 9.17) is 0 Å². The van der Waals surface area contributed by atoms with Crippen molar-refractivity contribution in [2.75, 3.05) is 16.8 Å². The summed E-state index contributed by atoms with van der Waals surface area (Å²) in [5.74, 6) is -1.72. The van der Waals surface area contributed by atoms with Crippen LogP contribution in [-0.2, 0) is 16.0 Å². The van der Waals surface area contributed by atoms with E-state index in [2.05, 4.69) is 15.5 Å². The van der Waals surface area contributed by atoms with Crippen LogP contribution >= 0.6 is 11.3 Å². The molecule has 1 fully saturated rings. The van der Waals surface area contributed by atoms with Gasteiger partial charge in [-0.2, -0.15) is 0 Å². The van der Waals surface area contributed by atoms with Crippen LogP contribution in [0.25, 0.3) is 0 Å². The zero-order valence-electron chi connectivity index (χ0n) is 15.1. The number of amides is 2. The summed E-state index contributed by atoms with van der Waals surface area (Å²) in [7, 11) is 0. The Morgan fingerprint density at radius 2 is 1.72 bits per heavy atom. The molecule has 0 radical (unpaired) electrons. The summed E-state index contributed by atoms with van der Waals surface area (Å²) < 4.78 is 26.1. The van der Waals surface area contributed by atoms with Gasteiger partial charge in [0.25, 0.3) is 0 Å². The van der Waals surface area contributed by atoms with E-state index in [1.165, 1.54) is 52.6 Å². The fraction of sp³-hybridized carbons (Fsp3) is 0.200. The number of anilines is 2. The zero-order valence-corrected chi connectivity index (χ0v) is 16.0. The van der Waals surface area contributed by atoms with E-state index < -0.39 is 5.92 Å². The molecule has 29 heavy (non-hydrogen) atoms. The lowest BCUT2D eigenvalue weighted by atomic mass is 10.1. The molecule has 1 unspecified atom stereocenters. The molecular formula is C20H16F2N4O2S. The maximum atomic E-state index is 13.1. The van der Waals surface area contributed by atoms with Crippen molar-refractivity contribution < 1.29 is 18.4 Å². The molecule has 4 rings (SSSR count). The molecule has 2 amide bonds. The van der Waals surface area contributed by atoms with Crippen molar-refractivity contribution in [2.24, 2.45) is 5.92 Å². The highest BCUT2D eigenvalue weighted by atomic mass is 32.1. The van der Waals surface area contributed by atoms with E-state index in [1.54, 1.807) is 12.1 Å². The van der Waals surface area contributed by atoms with E-state index in [-0.39, 0.29) is 36.4 Å². The van der Waals surface area contributed by atoms with Gasteiger partial charge in [-0.3, -0.25) is 9.59 Å². The summed E-state index contributed by atoms with van der Waals surface area (Å²) >= 11 is 1.23. The number of hydrogen-bond acceptors (Lipinski definition) is 5. The number of aromatic nitrogens is 2. The quantitative estimate of drug-likeness (QED) is 0.694. The van der Waals surface area contributed by atoms with Gasteiger partial charge in [-0.1, -0.05) is 23.5 Å². The zero-order chi connectivity index (χ0) is 20.4. The largest absolute Gasteiger partial charge is 0.312 e. The number of benzene rings is 2. The van der Waals surface area contributed by atoms with E-state index >= 15 is 0 Å². The first-order valence-corrected chi connectivity index (χ1v) is 9.73. The van der Waals surface area contributed by atoms with Gasteiger partial charge in [0.05, 0.1) is 5.92 Å². The maximum absolute atomic E-state index is 13.1. The number of nitrogens with zero attached hydrogens (tertiary/aromatic N) is 3. The summed E-state index contributed by atoms with van der Waals surface area (Å²) in [5.41, 5.74) is 1.45. The van der Waals surface area contributed by atoms with Crippen molar-refractivity contribution in [3.63, 3.8) is 0 Å². The molecule has 2 aromatic carbocycles. The highest BCUT2D eigenvalue weighted by Crippen LogP contribution is 2.27. The summed E-state index contributed by atoms with van der Waals surface area (Å²) in [4.78, 5) is 26.3. The van der Waals surface area contributed by atoms with Gasteiger partial charge in [-0.15, -0.1) is 10.2 Å². The Morgan fingerprint density at radius 1 is 1.07 bits per heavy atom. The standard InChI is InChI=1S/C20H16F2N4O2S/c21-14-3-1-12(2-4-14)9-17-24-25-20(29-17)23-19(28)13-10-18(27)26(11-13)16-7-5-15(22)6-8-16/h1-8,13H,9-11H2,(H,23,25,28). The smallest absolute Gasteiger partial charge is 0.231 e. The van der Waals surface area contributed by atoms with Crippen molar-refractivity contribution >= 4 is 34.0 Å². The minimum atomic E-state index is -0.531. The van der Waals surface area contributed by atoms with Crippen LogP contribution in [0.15, 0.2) is 48.5 Å². The molecule has 6 nitrogen and oxygen atoms in total. The molecule has 0 spiro atoms. The molecule has 1 N–H and O–H groups in total. The topological polar surface area (TPSA) is 75.2 Å². The average Bonchev–Trinajstić information content (AvgIpc) is 3.31. The number of rotatable bonds is 5. The third kappa shape index (κ3) is 4.45. The molecule has 0 saturated carbocycles. The Balaban J connectivity index is 1.37. The Hall–Kier alpha value is -3.20. The summed E-state index contributed by atoms with van der Waals surface area (Å²) in [6, 6.07) is 11.7. The molecule has 2 heterocycles. The molecular weight excluding hydrogens is 398 g/mol. The first-order valence-electron chi connectivity index (χ1n) is 8.91. The lowest BCUT2D eigenvalue weighted by Gasteiger charge is -2.16. The second-order valence-electron chi connectivity index (χ2n) is 6.68. The molecule has 0 aliphatic carbocycles. The Labute approximate surface area is 169 Å². The predicted molar refractivity (Wildman–Crippen MR) is 105 cm³/mol. The predicted octanol–water partition coefficient (Wildman–Crippen LogP) is 3.40. The summed E-state index contributed by atoms with van der Waals surface area (Å²) in [5, 5.41) is 11.8. The van der Waals surface area contributed by atoms with E-state index in [1.807, 2.05) is 0 Å². The van der Waals surface area contributed by atoms with Crippen LogP contribution in [0.4, 0.5) is 19.6 Å². The Kier molecular flexibility index (Phi) is 5.30. The summed E-state index contributed by atoms with van der Waals surface area (Å²) in [6.07, 6.45) is 0.554. The third-order valence-corrected chi connectivity index (χ3v) is 5.44. The molecule has 1 aliphatic heterocycles. The minimum Gasteiger partial charge on any atom is -0.312 e. The molecule has 9 heteroatoms. The highest BCUT2D eigenvalue weighted by molar-refractivity contribution is 7.15. The normalized spacial score (nSPS) is 16.3. The van der Waals surface area contributed by atoms with Crippen molar-refractivity contribution in [1.29, 1.82) is 0 Å². The average molecular weight is 414 g/mol. The SMILES string of the molecule is O=C(Nc1nnc(Cc2ccc(F)cc2)s1)C1CC(=O)N(c2ccc(F)cc2)C1. The van der Waals surface area contributed by atoms with Gasteiger partial charge in [0.1, 0.15) is 16.6 Å². The second-order valence-corrected chi connectivity index (χ2v) is 7.74. The van der Waals surface area contributed by atoms with E-state index in [9.17, 15) is 18.4 Å². The van der Waals surface area contributed by atoms with Gasteiger partial charge in [0.15, 0.2) is 0 Å². The molecule has 1 saturated heterocycles. The molecule has 1 atom stereocenters. The van der Waals surface area contributed by atoms with Crippen molar-refractivity contribution in [1.82, 2.24) is 10.2 Å². The summed E-state index contributed by atoms with van der Waals surface area (Å²) in [6.45, 7) is 0.220. The first-order chi connectivity index (χ1) is 14.0. The fourth-order valence-electron chi connectivity index (χ4n) is 3.11. The van der Waals surface area contributed by atoms with Crippen LogP contribution in [-0.4, -0.2) is 28.6 Å². The van der Waals surface area contributed by atoms with Crippen molar-refractivity contribution in [3.8, 4) is 0 Å². The molecule has 1 aromatic heterocycles. The van der Waals surface area contributed by atoms with Crippen LogP contribution in [0.1, 0.15) is 17.0 Å². The van der Waals surface area contributed by atoms with Gasteiger partial charge < -0.3 is 10.2 Å². The maximum Gasteiger partial charge on any atom is 0.231 e.